The van der Waals surface area contributed by atoms with Crippen molar-refractivity contribution in [2.24, 2.45) is 0 Å². The van der Waals surface area contributed by atoms with Crippen LogP contribution in [0.15, 0.2) is 22.8 Å². The molecule has 0 amide bonds. The van der Waals surface area contributed by atoms with Crippen LogP contribution in [0.3, 0.4) is 0 Å². The molecule has 0 aromatic carbocycles. The SMILES string of the molecule is O=C(O)C(CCOC1CCCCO1)c1ccc(Br)cn1. The molecular weight excluding hydrogens is 326 g/mol. The molecule has 1 aliphatic heterocycles. The molecule has 2 atom stereocenters. The van der Waals surface area contributed by atoms with Gasteiger partial charge in [0.25, 0.3) is 0 Å². The van der Waals surface area contributed by atoms with Gasteiger partial charge in [-0.3, -0.25) is 9.78 Å². The summed E-state index contributed by atoms with van der Waals surface area (Å²) in [4.78, 5) is 15.5. The Morgan fingerprint density at radius 3 is 3.00 bits per heavy atom. The molecule has 5 nitrogen and oxygen atoms in total. The fourth-order valence-electron chi connectivity index (χ4n) is 2.15. The maximum atomic E-state index is 11.3. The largest absolute Gasteiger partial charge is 0.481 e. The lowest BCUT2D eigenvalue weighted by atomic mass is 10.0. The van der Waals surface area contributed by atoms with E-state index in [-0.39, 0.29) is 6.29 Å². The number of aliphatic carboxylic acids is 1. The average Bonchev–Trinajstić information content (AvgIpc) is 2.46. The van der Waals surface area contributed by atoms with Gasteiger partial charge in [0.2, 0.25) is 0 Å². The van der Waals surface area contributed by atoms with E-state index in [4.69, 9.17) is 9.47 Å². The molecule has 6 heteroatoms. The Labute approximate surface area is 126 Å². The van der Waals surface area contributed by atoms with Gasteiger partial charge in [0.1, 0.15) is 5.92 Å². The van der Waals surface area contributed by atoms with Crippen LogP contribution in [0.1, 0.15) is 37.3 Å². The maximum absolute atomic E-state index is 11.3. The van der Waals surface area contributed by atoms with E-state index in [2.05, 4.69) is 20.9 Å². The Kier molecular flexibility index (Phi) is 5.94. The lowest BCUT2D eigenvalue weighted by Crippen LogP contribution is -2.24. The van der Waals surface area contributed by atoms with Crippen LogP contribution in [0.2, 0.25) is 0 Å². The van der Waals surface area contributed by atoms with E-state index in [9.17, 15) is 9.90 Å². The lowest BCUT2D eigenvalue weighted by molar-refractivity contribution is -0.165. The first-order valence-corrected chi connectivity index (χ1v) is 7.53. The monoisotopic (exact) mass is 343 g/mol. The molecule has 0 aliphatic carbocycles. The molecule has 0 spiro atoms. The Morgan fingerprint density at radius 2 is 2.40 bits per heavy atom. The van der Waals surface area contributed by atoms with E-state index < -0.39 is 11.9 Å². The number of carboxylic acid groups (broad SMARTS) is 1. The normalized spacial score (nSPS) is 20.6. The first-order chi connectivity index (χ1) is 9.66. The molecule has 1 saturated heterocycles. The number of carboxylic acids is 1. The lowest BCUT2D eigenvalue weighted by Gasteiger charge is -2.23. The summed E-state index contributed by atoms with van der Waals surface area (Å²) in [5.41, 5.74) is 0.550. The van der Waals surface area contributed by atoms with Gasteiger partial charge in [-0.2, -0.15) is 0 Å². The summed E-state index contributed by atoms with van der Waals surface area (Å²) in [7, 11) is 0. The number of aromatic nitrogens is 1. The van der Waals surface area contributed by atoms with E-state index in [1.807, 2.05) is 0 Å². The molecule has 1 fully saturated rings. The quantitative estimate of drug-likeness (QED) is 0.859. The van der Waals surface area contributed by atoms with E-state index >= 15 is 0 Å². The first-order valence-electron chi connectivity index (χ1n) is 6.74. The summed E-state index contributed by atoms with van der Waals surface area (Å²) in [6.45, 7) is 1.08. The third-order valence-corrected chi connectivity index (χ3v) is 3.72. The van der Waals surface area contributed by atoms with Crippen molar-refractivity contribution < 1.29 is 19.4 Å². The minimum absolute atomic E-state index is 0.184. The van der Waals surface area contributed by atoms with Crippen LogP contribution in [0, 0.1) is 0 Å². The molecule has 2 rings (SSSR count). The Bertz CT molecular complexity index is 431. The fourth-order valence-corrected chi connectivity index (χ4v) is 2.39. The maximum Gasteiger partial charge on any atom is 0.312 e. The second-order valence-corrected chi connectivity index (χ2v) is 5.66. The molecule has 110 valence electrons. The van der Waals surface area contributed by atoms with Crippen LogP contribution in [0.4, 0.5) is 0 Å². The van der Waals surface area contributed by atoms with E-state index in [0.29, 0.717) is 18.7 Å². The van der Waals surface area contributed by atoms with Crippen LogP contribution in [-0.2, 0) is 14.3 Å². The van der Waals surface area contributed by atoms with Crippen molar-refractivity contribution in [2.75, 3.05) is 13.2 Å². The van der Waals surface area contributed by atoms with Crippen molar-refractivity contribution >= 4 is 21.9 Å². The highest BCUT2D eigenvalue weighted by Gasteiger charge is 2.22. The van der Waals surface area contributed by atoms with E-state index in [0.717, 1.165) is 30.3 Å². The standard InChI is InChI=1S/C14H18BrNO4/c15-10-4-5-12(16-9-10)11(14(17)18)6-8-20-13-3-1-2-7-19-13/h4-5,9,11,13H,1-3,6-8H2,(H,17,18). The van der Waals surface area contributed by atoms with Crippen LogP contribution in [0.25, 0.3) is 0 Å². The van der Waals surface area contributed by atoms with Gasteiger partial charge < -0.3 is 14.6 Å². The third kappa shape index (κ3) is 4.54. The van der Waals surface area contributed by atoms with Gasteiger partial charge >= 0.3 is 5.97 Å². The first kappa shape index (κ1) is 15.4. The average molecular weight is 344 g/mol. The van der Waals surface area contributed by atoms with Gasteiger partial charge in [0.05, 0.1) is 12.3 Å². The number of hydrogen-bond acceptors (Lipinski definition) is 4. The summed E-state index contributed by atoms with van der Waals surface area (Å²) in [6.07, 6.45) is 4.87. The topological polar surface area (TPSA) is 68.7 Å². The second kappa shape index (κ2) is 7.71. The molecule has 1 N–H and O–H groups in total. The summed E-state index contributed by atoms with van der Waals surface area (Å²) >= 11 is 3.29. The van der Waals surface area contributed by atoms with Crippen molar-refractivity contribution in [1.82, 2.24) is 4.98 Å². The molecule has 1 aliphatic rings. The van der Waals surface area contributed by atoms with Crippen LogP contribution in [0.5, 0.6) is 0 Å². The summed E-state index contributed by atoms with van der Waals surface area (Å²) in [5, 5.41) is 9.29. The molecular formula is C14H18BrNO4. The van der Waals surface area contributed by atoms with Crippen molar-refractivity contribution in [3.05, 3.63) is 28.5 Å². The molecule has 0 saturated carbocycles. The zero-order valence-corrected chi connectivity index (χ0v) is 12.7. The molecule has 0 radical (unpaired) electrons. The number of rotatable bonds is 6. The smallest absolute Gasteiger partial charge is 0.312 e. The molecule has 1 aromatic heterocycles. The number of hydrogen-bond donors (Lipinski definition) is 1. The number of ether oxygens (including phenoxy) is 2. The zero-order chi connectivity index (χ0) is 14.4. The van der Waals surface area contributed by atoms with Crippen molar-refractivity contribution in [1.29, 1.82) is 0 Å². The van der Waals surface area contributed by atoms with E-state index in [1.54, 1.807) is 18.3 Å². The van der Waals surface area contributed by atoms with Crippen LogP contribution in [-0.4, -0.2) is 35.6 Å². The highest BCUT2D eigenvalue weighted by Crippen LogP contribution is 2.21. The Balaban J connectivity index is 1.86. The predicted octanol–water partition coefficient (Wildman–Crippen LogP) is 2.95. The van der Waals surface area contributed by atoms with Gasteiger partial charge in [-0.05, 0) is 53.7 Å². The number of pyridine rings is 1. The molecule has 0 bridgehead atoms. The Hall–Kier alpha value is -0.980. The van der Waals surface area contributed by atoms with Gasteiger partial charge in [-0.15, -0.1) is 0 Å². The van der Waals surface area contributed by atoms with Gasteiger partial charge in [0.15, 0.2) is 6.29 Å². The van der Waals surface area contributed by atoms with E-state index in [1.165, 1.54) is 0 Å². The predicted molar refractivity (Wildman–Crippen MR) is 76.5 cm³/mol. The molecule has 20 heavy (non-hydrogen) atoms. The Morgan fingerprint density at radius 1 is 1.55 bits per heavy atom. The van der Waals surface area contributed by atoms with Crippen molar-refractivity contribution in [3.8, 4) is 0 Å². The highest BCUT2D eigenvalue weighted by atomic mass is 79.9. The number of carbonyl (C=O) groups is 1. The van der Waals surface area contributed by atoms with Gasteiger partial charge in [-0.25, -0.2) is 0 Å². The molecule has 2 unspecified atom stereocenters. The third-order valence-electron chi connectivity index (χ3n) is 3.25. The van der Waals surface area contributed by atoms with Crippen molar-refractivity contribution in [3.63, 3.8) is 0 Å². The highest BCUT2D eigenvalue weighted by molar-refractivity contribution is 9.10. The zero-order valence-electron chi connectivity index (χ0n) is 11.1. The summed E-state index contributed by atoms with van der Waals surface area (Å²) in [6, 6.07) is 3.52. The molecule has 1 aromatic rings. The minimum atomic E-state index is -0.881. The summed E-state index contributed by atoms with van der Waals surface area (Å²) in [5.74, 6) is -1.53. The van der Waals surface area contributed by atoms with Crippen LogP contribution < -0.4 is 0 Å². The summed E-state index contributed by atoms with van der Waals surface area (Å²) < 4.78 is 11.9. The number of nitrogens with zero attached hydrogens (tertiary/aromatic N) is 1. The second-order valence-electron chi connectivity index (χ2n) is 4.75. The number of halogens is 1. The van der Waals surface area contributed by atoms with Gasteiger partial charge in [0, 0.05) is 17.3 Å². The van der Waals surface area contributed by atoms with Crippen LogP contribution >= 0.6 is 15.9 Å². The fraction of sp³-hybridized carbons (Fsp3) is 0.571. The minimum Gasteiger partial charge on any atom is -0.481 e. The van der Waals surface area contributed by atoms with Crippen molar-refractivity contribution in [2.45, 2.75) is 37.9 Å². The van der Waals surface area contributed by atoms with Gasteiger partial charge in [-0.1, -0.05) is 0 Å². The molecule has 2 heterocycles.